The lowest BCUT2D eigenvalue weighted by Gasteiger charge is -2.13. The lowest BCUT2D eigenvalue weighted by atomic mass is 10.2. The van der Waals surface area contributed by atoms with Crippen molar-refractivity contribution in [2.45, 2.75) is 6.54 Å². The van der Waals surface area contributed by atoms with Crippen LogP contribution in [0, 0.1) is 5.82 Å². The monoisotopic (exact) mass is 441 g/mol. The minimum absolute atomic E-state index is 0.154. The zero-order valence-electron chi connectivity index (χ0n) is 17.4. The molecule has 0 amide bonds. The zero-order chi connectivity index (χ0) is 22.8. The highest BCUT2D eigenvalue weighted by atomic mass is 19.1. The van der Waals surface area contributed by atoms with E-state index in [4.69, 9.17) is 11.5 Å². The summed E-state index contributed by atoms with van der Waals surface area (Å²) in [6, 6.07) is 19.6. The number of hydrogen-bond acceptors (Lipinski definition) is 8. The molecule has 0 saturated carbocycles. The highest BCUT2D eigenvalue weighted by molar-refractivity contribution is 5.90. The highest BCUT2D eigenvalue weighted by Gasteiger charge is 2.19. The van der Waals surface area contributed by atoms with E-state index in [1.165, 1.54) is 6.07 Å². The second-order valence-corrected chi connectivity index (χ2v) is 7.28. The summed E-state index contributed by atoms with van der Waals surface area (Å²) in [6.07, 6.45) is 1.65. The summed E-state index contributed by atoms with van der Waals surface area (Å²) in [4.78, 5) is 13.2. The second-order valence-electron chi connectivity index (χ2n) is 7.28. The Balaban J connectivity index is 1.51. The van der Waals surface area contributed by atoms with Gasteiger partial charge in [0, 0.05) is 11.8 Å². The second kappa shape index (κ2) is 8.42. The summed E-state index contributed by atoms with van der Waals surface area (Å²) in [5, 5.41) is 5.32. The number of nitrogens with one attached hydrogen (secondary N) is 2. The largest absolute Gasteiger partial charge is 0.382 e. The van der Waals surface area contributed by atoms with Crippen molar-refractivity contribution in [1.29, 1.82) is 0 Å². The normalized spacial score (nSPS) is 10.9. The smallest absolute Gasteiger partial charge is 0.184 e. The van der Waals surface area contributed by atoms with Crippen molar-refractivity contribution in [3.63, 3.8) is 0 Å². The van der Waals surface area contributed by atoms with Gasteiger partial charge in [0.05, 0.1) is 17.6 Å². The number of rotatable bonds is 6. The van der Waals surface area contributed by atoms with Gasteiger partial charge in [-0.1, -0.05) is 36.4 Å². The van der Waals surface area contributed by atoms with Crippen molar-refractivity contribution in [3.8, 4) is 11.5 Å². The van der Waals surface area contributed by atoms with Crippen LogP contribution in [0.4, 0.5) is 27.4 Å². The Labute approximate surface area is 188 Å². The number of benzene rings is 2. The summed E-state index contributed by atoms with van der Waals surface area (Å²) < 4.78 is 15.8. The van der Waals surface area contributed by atoms with Crippen molar-refractivity contribution < 1.29 is 4.39 Å². The third-order valence-corrected chi connectivity index (χ3v) is 5.07. The molecule has 3 aromatic heterocycles. The number of fused-ring (bicyclic) bond motifs is 1. The van der Waals surface area contributed by atoms with Gasteiger partial charge in [-0.25, -0.2) is 24.0 Å². The van der Waals surface area contributed by atoms with Gasteiger partial charge in [-0.2, -0.15) is 5.10 Å². The maximum Gasteiger partial charge on any atom is 0.184 e. The number of aromatic nitrogens is 5. The van der Waals surface area contributed by atoms with Gasteiger partial charge in [0.2, 0.25) is 0 Å². The first-order valence-corrected chi connectivity index (χ1v) is 10.2. The number of nitrogens with zero attached hydrogens (tertiary/aromatic N) is 5. The van der Waals surface area contributed by atoms with Gasteiger partial charge in [-0.15, -0.1) is 0 Å². The van der Waals surface area contributed by atoms with E-state index in [1.807, 2.05) is 36.4 Å². The lowest BCUT2D eigenvalue weighted by Crippen LogP contribution is -2.14. The minimum Gasteiger partial charge on any atom is -0.382 e. The van der Waals surface area contributed by atoms with Gasteiger partial charge in [0.15, 0.2) is 23.1 Å². The minimum atomic E-state index is -0.315. The van der Waals surface area contributed by atoms with Crippen LogP contribution in [-0.4, -0.2) is 24.7 Å². The molecule has 10 heteroatoms. The van der Waals surface area contributed by atoms with Crippen LogP contribution in [0.15, 0.2) is 72.9 Å². The molecule has 2 aromatic carbocycles. The molecule has 6 N–H and O–H groups in total. The Morgan fingerprint density at radius 2 is 1.58 bits per heavy atom. The van der Waals surface area contributed by atoms with E-state index < -0.39 is 0 Å². The van der Waals surface area contributed by atoms with Crippen LogP contribution < -0.4 is 22.3 Å². The van der Waals surface area contributed by atoms with Crippen molar-refractivity contribution in [3.05, 3.63) is 84.3 Å². The number of para-hydroxylation sites is 1. The molecule has 0 aliphatic carbocycles. The van der Waals surface area contributed by atoms with Gasteiger partial charge in [-0.3, -0.25) is 5.43 Å². The fourth-order valence-electron chi connectivity index (χ4n) is 3.46. The quantitative estimate of drug-likeness (QED) is 0.293. The Morgan fingerprint density at radius 1 is 0.848 bits per heavy atom. The first kappa shape index (κ1) is 20.2. The van der Waals surface area contributed by atoms with E-state index >= 15 is 0 Å². The number of halogens is 1. The van der Waals surface area contributed by atoms with E-state index in [2.05, 4.69) is 30.9 Å². The molecule has 0 saturated heterocycles. The number of nitrogens with two attached hydrogens (primary N) is 2. The Bertz CT molecular complexity index is 1410. The molecule has 0 bridgehead atoms. The van der Waals surface area contributed by atoms with Gasteiger partial charge in [0.25, 0.3) is 0 Å². The van der Waals surface area contributed by atoms with Crippen LogP contribution in [0.5, 0.6) is 0 Å². The molecule has 5 aromatic rings. The van der Waals surface area contributed by atoms with E-state index in [0.29, 0.717) is 28.0 Å². The average Bonchev–Trinajstić information content (AvgIpc) is 3.19. The van der Waals surface area contributed by atoms with E-state index in [-0.39, 0.29) is 29.8 Å². The Morgan fingerprint density at radius 3 is 2.33 bits per heavy atom. The fourth-order valence-corrected chi connectivity index (χ4v) is 3.46. The lowest BCUT2D eigenvalue weighted by molar-refractivity contribution is 0.589. The molecule has 0 atom stereocenters. The summed E-state index contributed by atoms with van der Waals surface area (Å²) in [5.41, 5.74) is 21.0. The number of pyridine rings is 1. The number of hydrazine groups is 1. The summed E-state index contributed by atoms with van der Waals surface area (Å²) in [5.74, 6) is 0.244. The average molecular weight is 441 g/mol. The SMILES string of the molecule is Nc1nc(-c2nn(Cc3ccccc3F)c3ncccc23)nc(N)c1NNc1ccccc1. The van der Waals surface area contributed by atoms with Crippen LogP contribution in [0.1, 0.15) is 5.56 Å². The molecule has 0 aliphatic heterocycles. The van der Waals surface area contributed by atoms with Crippen molar-refractivity contribution in [1.82, 2.24) is 24.7 Å². The molecule has 164 valence electrons. The number of nitrogen functional groups attached to an aromatic ring is 2. The van der Waals surface area contributed by atoms with Crippen LogP contribution in [-0.2, 0) is 6.54 Å². The van der Waals surface area contributed by atoms with Gasteiger partial charge >= 0.3 is 0 Å². The van der Waals surface area contributed by atoms with Gasteiger partial charge in [-0.05, 0) is 30.3 Å². The molecule has 0 spiro atoms. The first-order chi connectivity index (χ1) is 16.1. The molecular weight excluding hydrogens is 421 g/mol. The first-order valence-electron chi connectivity index (χ1n) is 10.2. The molecule has 33 heavy (non-hydrogen) atoms. The van der Waals surface area contributed by atoms with Crippen LogP contribution in [0.2, 0.25) is 0 Å². The van der Waals surface area contributed by atoms with Crippen molar-refractivity contribution in [2.24, 2.45) is 0 Å². The van der Waals surface area contributed by atoms with E-state index in [1.54, 1.807) is 35.1 Å². The number of hydrogen-bond donors (Lipinski definition) is 4. The third kappa shape index (κ3) is 3.97. The zero-order valence-corrected chi connectivity index (χ0v) is 17.4. The predicted molar refractivity (Wildman–Crippen MR) is 127 cm³/mol. The maximum atomic E-state index is 14.2. The molecule has 0 aliphatic rings. The Kier molecular flexibility index (Phi) is 5.15. The standard InChI is InChI=1S/C23H20FN9/c24-17-11-5-4-7-14(17)13-33-23-16(10-6-12-27-23)18(32-33)22-28-20(25)19(21(26)29-22)31-30-15-8-2-1-3-9-15/h1-12,30-31H,13H2,(H4,25,26,28,29). The topological polar surface area (TPSA) is 133 Å². The molecule has 5 rings (SSSR count). The number of anilines is 4. The van der Waals surface area contributed by atoms with Crippen molar-refractivity contribution >= 4 is 34.0 Å². The van der Waals surface area contributed by atoms with Gasteiger partial charge in [0.1, 0.15) is 17.2 Å². The van der Waals surface area contributed by atoms with E-state index in [9.17, 15) is 4.39 Å². The van der Waals surface area contributed by atoms with E-state index in [0.717, 1.165) is 5.69 Å². The van der Waals surface area contributed by atoms with Crippen LogP contribution >= 0.6 is 0 Å². The molecule has 3 heterocycles. The summed E-state index contributed by atoms with van der Waals surface area (Å²) in [6.45, 7) is 0.200. The predicted octanol–water partition coefficient (Wildman–Crippen LogP) is 3.68. The molecule has 9 nitrogen and oxygen atoms in total. The fraction of sp³-hybridized carbons (Fsp3) is 0.0435. The third-order valence-electron chi connectivity index (χ3n) is 5.07. The van der Waals surface area contributed by atoms with Crippen LogP contribution in [0.25, 0.3) is 22.6 Å². The molecular formula is C23H20FN9. The molecule has 0 radical (unpaired) electrons. The summed E-state index contributed by atoms with van der Waals surface area (Å²) >= 11 is 0. The summed E-state index contributed by atoms with van der Waals surface area (Å²) in [7, 11) is 0. The molecule has 0 unspecified atom stereocenters. The Hall–Kier alpha value is -4.73. The highest BCUT2D eigenvalue weighted by Crippen LogP contribution is 2.30. The van der Waals surface area contributed by atoms with Crippen LogP contribution in [0.3, 0.4) is 0 Å². The maximum absolute atomic E-state index is 14.2. The van der Waals surface area contributed by atoms with Crippen molar-refractivity contribution in [2.75, 3.05) is 22.3 Å². The van der Waals surface area contributed by atoms with Gasteiger partial charge < -0.3 is 16.9 Å². The molecule has 0 fully saturated rings.